The van der Waals surface area contributed by atoms with Gasteiger partial charge in [0.05, 0.1) is 0 Å². The predicted molar refractivity (Wildman–Crippen MR) is 63.9 cm³/mol. The standard InChI is InChI=1S/C13H25NO/c1-9(2)13(15)11-6-5-7-12(8-11)14-10(3)4/h9-12,14H,5-8H2,1-4H3. The van der Waals surface area contributed by atoms with Gasteiger partial charge in [-0.2, -0.15) is 0 Å². The second-order valence-electron chi connectivity index (χ2n) is 5.44. The van der Waals surface area contributed by atoms with Gasteiger partial charge in [0, 0.05) is 23.9 Å². The minimum atomic E-state index is 0.202. The van der Waals surface area contributed by atoms with E-state index in [1.807, 2.05) is 13.8 Å². The summed E-state index contributed by atoms with van der Waals surface area (Å²) in [6.45, 7) is 8.38. The third-order valence-electron chi connectivity index (χ3n) is 3.21. The molecule has 0 aromatic rings. The van der Waals surface area contributed by atoms with Crippen LogP contribution in [0.5, 0.6) is 0 Å². The first-order valence-electron chi connectivity index (χ1n) is 6.30. The Kier molecular flexibility index (Phi) is 4.78. The van der Waals surface area contributed by atoms with Crippen molar-refractivity contribution in [1.29, 1.82) is 0 Å². The van der Waals surface area contributed by atoms with Crippen LogP contribution >= 0.6 is 0 Å². The van der Waals surface area contributed by atoms with Gasteiger partial charge in [0.1, 0.15) is 5.78 Å². The zero-order chi connectivity index (χ0) is 11.4. The molecule has 1 rings (SSSR count). The Balaban J connectivity index is 2.45. The minimum Gasteiger partial charge on any atom is -0.312 e. The topological polar surface area (TPSA) is 29.1 Å². The molecule has 0 heterocycles. The lowest BCUT2D eigenvalue weighted by molar-refractivity contribution is -0.127. The second kappa shape index (κ2) is 5.64. The molecule has 2 unspecified atom stereocenters. The van der Waals surface area contributed by atoms with Gasteiger partial charge in [0.25, 0.3) is 0 Å². The highest BCUT2D eigenvalue weighted by molar-refractivity contribution is 5.82. The molecule has 1 aliphatic carbocycles. The monoisotopic (exact) mass is 211 g/mol. The highest BCUT2D eigenvalue weighted by Crippen LogP contribution is 2.27. The fourth-order valence-electron chi connectivity index (χ4n) is 2.54. The van der Waals surface area contributed by atoms with Gasteiger partial charge in [-0.3, -0.25) is 4.79 Å². The lowest BCUT2D eigenvalue weighted by atomic mass is 9.80. The molecule has 0 bridgehead atoms. The molecule has 1 aliphatic rings. The van der Waals surface area contributed by atoms with Crippen LogP contribution in [0, 0.1) is 11.8 Å². The number of Topliss-reactive ketones (excluding diaryl/α,β-unsaturated/α-hetero) is 1. The fraction of sp³-hybridized carbons (Fsp3) is 0.923. The Morgan fingerprint density at radius 2 is 1.87 bits per heavy atom. The molecule has 2 nitrogen and oxygen atoms in total. The molecule has 1 fully saturated rings. The summed E-state index contributed by atoms with van der Waals surface area (Å²) in [6.07, 6.45) is 4.59. The van der Waals surface area contributed by atoms with Gasteiger partial charge < -0.3 is 5.32 Å². The van der Waals surface area contributed by atoms with E-state index in [0.29, 0.717) is 23.8 Å². The van der Waals surface area contributed by atoms with Gasteiger partial charge in [-0.05, 0) is 19.3 Å². The first kappa shape index (κ1) is 12.7. The Bertz CT molecular complexity index is 211. The molecule has 0 radical (unpaired) electrons. The molecule has 1 saturated carbocycles. The van der Waals surface area contributed by atoms with Crippen molar-refractivity contribution in [2.45, 2.75) is 65.5 Å². The first-order valence-corrected chi connectivity index (χ1v) is 6.30. The lowest BCUT2D eigenvalue weighted by Gasteiger charge is -2.31. The third-order valence-corrected chi connectivity index (χ3v) is 3.21. The number of ketones is 1. The molecule has 2 atom stereocenters. The van der Waals surface area contributed by atoms with E-state index in [1.54, 1.807) is 0 Å². The predicted octanol–water partition coefficient (Wildman–Crippen LogP) is 2.77. The molecule has 0 spiro atoms. The highest BCUT2D eigenvalue weighted by Gasteiger charge is 2.28. The summed E-state index contributed by atoms with van der Waals surface area (Å²) >= 11 is 0. The van der Waals surface area contributed by atoms with Crippen LogP contribution < -0.4 is 5.32 Å². The Morgan fingerprint density at radius 1 is 1.20 bits per heavy atom. The van der Waals surface area contributed by atoms with Crippen molar-refractivity contribution in [3.8, 4) is 0 Å². The van der Waals surface area contributed by atoms with Gasteiger partial charge in [-0.1, -0.05) is 34.1 Å². The van der Waals surface area contributed by atoms with E-state index in [4.69, 9.17) is 0 Å². The normalized spacial score (nSPS) is 27.3. The van der Waals surface area contributed by atoms with Crippen LogP contribution in [-0.2, 0) is 4.79 Å². The molecular formula is C13H25NO. The van der Waals surface area contributed by atoms with Crippen LogP contribution in [0.15, 0.2) is 0 Å². The summed E-state index contributed by atoms with van der Waals surface area (Å²) in [5, 5.41) is 3.55. The van der Waals surface area contributed by atoms with Crippen molar-refractivity contribution in [2.24, 2.45) is 11.8 Å². The molecular weight excluding hydrogens is 186 g/mol. The lowest BCUT2D eigenvalue weighted by Crippen LogP contribution is -2.40. The van der Waals surface area contributed by atoms with Gasteiger partial charge in [0.15, 0.2) is 0 Å². The van der Waals surface area contributed by atoms with Crippen LogP contribution in [0.4, 0.5) is 0 Å². The van der Waals surface area contributed by atoms with Crippen molar-refractivity contribution in [3.05, 3.63) is 0 Å². The molecule has 0 amide bonds. The SMILES string of the molecule is CC(C)NC1CCCC(C(=O)C(C)C)C1. The summed E-state index contributed by atoms with van der Waals surface area (Å²) in [5.74, 6) is 0.980. The number of carbonyl (C=O) groups is 1. The van der Waals surface area contributed by atoms with Crippen molar-refractivity contribution < 1.29 is 4.79 Å². The quantitative estimate of drug-likeness (QED) is 0.774. The van der Waals surface area contributed by atoms with Crippen LogP contribution in [0.25, 0.3) is 0 Å². The van der Waals surface area contributed by atoms with E-state index in [9.17, 15) is 4.79 Å². The average molecular weight is 211 g/mol. The average Bonchev–Trinajstić information content (AvgIpc) is 2.16. The summed E-state index contributed by atoms with van der Waals surface area (Å²) in [6, 6.07) is 1.09. The van der Waals surface area contributed by atoms with Gasteiger partial charge in [0.2, 0.25) is 0 Å². The van der Waals surface area contributed by atoms with Crippen LogP contribution in [0.2, 0.25) is 0 Å². The number of rotatable bonds is 4. The Hall–Kier alpha value is -0.370. The van der Waals surface area contributed by atoms with E-state index >= 15 is 0 Å². The molecule has 0 aromatic carbocycles. The summed E-state index contributed by atoms with van der Waals surface area (Å²) in [4.78, 5) is 11.9. The largest absolute Gasteiger partial charge is 0.312 e. The molecule has 0 aliphatic heterocycles. The summed E-state index contributed by atoms with van der Waals surface area (Å²) in [7, 11) is 0. The van der Waals surface area contributed by atoms with E-state index in [2.05, 4.69) is 19.2 Å². The number of hydrogen-bond acceptors (Lipinski definition) is 2. The van der Waals surface area contributed by atoms with Crippen LogP contribution in [-0.4, -0.2) is 17.9 Å². The van der Waals surface area contributed by atoms with Crippen molar-refractivity contribution in [1.82, 2.24) is 5.32 Å². The smallest absolute Gasteiger partial charge is 0.138 e. The zero-order valence-corrected chi connectivity index (χ0v) is 10.5. The van der Waals surface area contributed by atoms with Gasteiger partial charge in [-0.15, -0.1) is 0 Å². The Morgan fingerprint density at radius 3 is 2.40 bits per heavy atom. The maximum Gasteiger partial charge on any atom is 0.138 e. The summed E-state index contributed by atoms with van der Waals surface area (Å²) < 4.78 is 0. The number of nitrogens with one attached hydrogen (secondary N) is 1. The van der Waals surface area contributed by atoms with Gasteiger partial charge >= 0.3 is 0 Å². The van der Waals surface area contributed by atoms with Crippen molar-refractivity contribution in [3.63, 3.8) is 0 Å². The maximum absolute atomic E-state index is 11.9. The number of carbonyl (C=O) groups excluding carboxylic acids is 1. The molecule has 0 saturated heterocycles. The van der Waals surface area contributed by atoms with Crippen LogP contribution in [0.1, 0.15) is 53.4 Å². The molecule has 2 heteroatoms. The van der Waals surface area contributed by atoms with Crippen LogP contribution in [0.3, 0.4) is 0 Å². The van der Waals surface area contributed by atoms with E-state index < -0.39 is 0 Å². The van der Waals surface area contributed by atoms with E-state index in [0.717, 1.165) is 12.8 Å². The third kappa shape index (κ3) is 3.94. The molecule has 88 valence electrons. The molecule has 0 aromatic heterocycles. The first-order chi connectivity index (χ1) is 7.00. The van der Waals surface area contributed by atoms with Gasteiger partial charge in [-0.25, -0.2) is 0 Å². The van der Waals surface area contributed by atoms with Crippen molar-refractivity contribution in [2.75, 3.05) is 0 Å². The second-order valence-corrected chi connectivity index (χ2v) is 5.44. The fourth-order valence-corrected chi connectivity index (χ4v) is 2.54. The molecule has 15 heavy (non-hydrogen) atoms. The number of hydrogen-bond donors (Lipinski definition) is 1. The maximum atomic E-state index is 11.9. The minimum absolute atomic E-state index is 0.202. The van der Waals surface area contributed by atoms with E-state index in [-0.39, 0.29) is 5.92 Å². The Labute approximate surface area is 93.8 Å². The zero-order valence-electron chi connectivity index (χ0n) is 10.5. The van der Waals surface area contributed by atoms with E-state index in [1.165, 1.54) is 12.8 Å². The van der Waals surface area contributed by atoms with Crippen molar-refractivity contribution >= 4 is 5.78 Å². The molecule has 1 N–H and O–H groups in total. The highest BCUT2D eigenvalue weighted by atomic mass is 16.1. The summed E-state index contributed by atoms with van der Waals surface area (Å²) in [5.41, 5.74) is 0.